The SMILES string of the molecule is c1ccc(-c2nc(-c3ccccc3)n(-c3ccc(-c4cc5c(-c6ccc7ccccc7c6)cc(-c6ccc7ccccc7c6)nc5c5ccccc45)cc3)c2-c2ccccc2)cc1.c1ccc(-c2nc3cc(-c4cc5c(-c6ccc7ccccc7c6)cc(-c6ccc7ccccc7c6)nc5c5ccccc45)ccc3n2-c2ccccc2)cc1. The van der Waals surface area contributed by atoms with Crippen LogP contribution in [0.15, 0.2) is 437 Å². The molecule has 0 bridgehead atoms. The van der Waals surface area contributed by atoms with Gasteiger partial charge in [0.25, 0.3) is 0 Å². The van der Waals surface area contributed by atoms with E-state index in [9.17, 15) is 0 Å². The van der Waals surface area contributed by atoms with Gasteiger partial charge < -0.3 is 0 Å². The quantitative estimate of drug-likeness (QED) is 0.114. The van der Waals surface area contributed by atoms with Gasteiger partial charge in [0.2, 0.25) is 0 Å². The number of hydrogen-bond donors (Lipinski definition) is 0. The molecule has 6 nitrogen and oxygen atoms in total. The van der Waals surface area contributed by atoms with Crippen LogP contribution in [0.5, 0.6) is 0 Å². The molecule has 19 aromatic carbocycles. The first-order valence-electron chi connectivity index (χ1n) is 40.2. The first kappa shape index (κ1) is 69.0. The minimum absolute atomic E-state index is 0.894. The van der Waals surface area contributed by atoms with Crippen molar-refractivity contribution >= 4 is 97.5 Å². The molecule has 0 radical (unpaired) electrons. The third-order valence-electron chi connectivity index (χ3n) is 23.3. The Hall–Kier alpha value is -15.8. The number of rotatable bonds is 12. The van der Waals surface area contributed by atoms with E-state index in [1.54, 1.807) is 0 Å². The van der Waals surface area contributed by atoms with Crippen LogP contribution in [-0.4, -0.2) is 29.1 Å². The summed E-state index contributed by atoms with van der Waals surface area (Å²) in [6, 6.07) is 156. The van der Waals surface area contributed by atoms with Crippen LogP contribution in [0.25, 0.3) is 221 Å². The van der Waals surface area contributed by atoms with Crippen molar-refractivity contribution in [2.45, 2.75) is 0 Å². The van der Waals surface area contributed by atoms with Crippen LogP contribution in [0.2, 0.25) is 0 Å². The predicted molar refractivity (Wildman–Crippen MR) is 495 cm³/mol. The molecule has 23 rings (SSSR count). The molecule has 0 spiro atoms. The maximum Gasteiger partial charge on any atom is 0.145 e. The van der Waals surface area contributed by atoms with Gasteiger partial charge in [0.15, 0.2) is 0 Å². The lowest BCUT2D eigenvalue weighted by molar-refractivity contribution is 1.07. The van der Waals surface area contributed by atoms with Gasteiger partial charge in [0.1, 0.15) is 11.6 Å². The minimum Gasteiger partial charge on any atom is -0.292 e. The van der Waals surface area contributed by atoms with Crippen LogP contribution in [0.4, 0.5) is 0 Å². The summed E-state index contributed by atoms with van der Waals surface area (Å²) < 4.78 is 4.59. The molecule has 550 valence electrons. The van der Waals surface area contributed by atoms with Crippen LogP contribution in [0.1, 0.15) is 0 Å². The minimum atomic E-state index is 0.894. The zero-order valence-electron chi connectivity index (χ0n) is 64.3. The molecule has 4 aromatic heterocycles. The maximum atomic E-state index is 5.51. The average molecular weight is 1500 g/mol. The lowest BCUT2D eigenvalue weighted by Crippen LogP contribution is -2.00. The topological polar surface area (TPSA) is 61.4 Å². The summed E-state index contributed by atoms with van der Waals surface area (Å²) in [4.78, 5) is 21.7. The van der Waals surface area contributed by atoms with E-state index in [1.165, 1.54) is 48.7 Å². The second kappa shape index (κ2) is 29.3. The molecule has 0 amide bonds. The highest BCUT2D eigenvalue weighted by atomic mass is 15.1. The monoisotopic (exact) mass is 1500 g/mol. The van der Waals surface area contributed by atoms with E-state index in [-0.39, 0.29) is 0 Å². The molecule has 0 saturated carbocycles. The number of aromatic nitrogens is 6. The Morgan fingerprint density at radius 3 is 0.975 bits per heavy atom. The molecular formula is C112H72N6. The number of nitrogens with zero attached hydrogens (tertiary/aromatic N) is 6. The van der Waals surface area contributed by atoms with Crippen LogP contribution in [0.3, 0.4) is 0 Å². The van der Waals surface area contributed by atoms with Gasteiger partial charge in [-0.25, -0.2) is 19.9 Å². The maximum absolute atomic E-state index is 5.51. The Labute approximate surface area is 682 Å². The summed E-state index contributed by atoms with van der Waals surface area (Å²) in [7, 11) is 0. The van der Waals surface area contributed by atoms with E-state index >= 15 is 0 Å². The molecule has 0 aliphatic rings. The van der Waals surface area contributed by atoms with Gasteiger partial charge >= 0.3 is 0 Å². The molecule has 0 fully saturated rings. The Balaban J connectivity index is 0.000000144. The number of hydrogen-bond acceptors (Lipinski definition) is 4. The lowest BCUT2D eigenvalue weighted by Gasteiger charge is -2.17. The highest BCUT2D eigenvalue weighted by Gasteiger charge is 2.25. The second-order valence-electron chi connectivity index (χ2n) is 30.4. The molecule has 6 heteroatoms. The van der Waals surface area contributed by atoms with Crippen molar-refractivity contribution in [3.05, 3.63) is 437 Å². The van der Waals surface area contributed by atoms with Crippen LogP contribution in [0, 0.1) is 0 Å². The molecule has 0 unspecified atom stereocenters. The molecule has 0 N–H and O–H groups in total. The fourth-order valence-electron chi connectivity index (χ4n) is 17.5. The Bertz CT molecular complexity index is 7830. The Morgan fingerprint density at radius 2 is 0.508 bits per heavy atom. The first-order chi connectivity index (χ1) is 58.5. The van der Waals surface area contributed by atoms with Crippen molar-refractivity contribution in [1.82, 2.24) is 29.1 Å². The summed E-state index contributed by atoms with van der Waals surface area (Å²) in [5, 5.41) is 16.5. The third kappa shape index (κ3) is 12.5. The summed E-state index contributed by atoms with van der Waals surface area (Å²) in [5.74, 6) is 1.82. The zero-order chi connectivity index (χ0) is 78.0. The van der Waals surface area contributed by atoms with Crippen molar-refractivity contribution in [2.75, 3.05) is 0 Å². The summed E-state index contributed by atoms with van der Waals surface area (Å²) in [6.45, 7) is 0. The van der Waals surface area contributed by atoms with Gasteiger partial charge in [-0.1, -0.05) is 352 Å². The number of benzene rings is 19. The number of fused-ring (bicyclic) bond motifs is 11. The van der Waals surface area contributed by atoms with Gasteiger partial charge in [0, 0.05) is 66.3 Å². The molecule has 0 atom stereocenters. The fourth-order valence-corrected chi connectivity index (χ4v) is 17.5. The summed E-state index contributed by atoms with van der Waals surface area (Å²) in [6.07, 6.45) is 0. The molecule has 0 saturated heterocycles. The molecule has 118 heavy (non-hydrogen) atoms. The van der Waals surface area contributed by atoms with E-state index < -0.39 is 0 Å². The van der Waals surface area contributed by atoms with E-state index in [0.29, 0.717) is 0 Å². The van der Waals surface area contributed by atoms with E-state index in [1.807, 2.05) is 6.07 Å². The van der Waals surface area contributed by atoms with Crippen LogP contribution >= 0.6 is 0 Å². The van der Waals surface area contributed by atoms with Crippen molar-refractivity contribution < 1.29 is 0 Å². The number of imidazole rings is 2. The molecular weight excluding hydrogens is 1430 g/mol. The number of pyridine rings is 2. The lowest BCUT2D eigenvalue weighted by atomic mass is 9.90. The largest absolute Gasteiger partial charge is 0.292 e. The van der Waals surface area contributed by atoms with Crippen molar-refractivity contribution in [1.29, 1.82) is 0 Å². The molecule has 23 aromatic rings. The van der Waals surface area contributed by atoms with Crippen molar-refractivity contribution in [3.8, 4) is 124 Å². The van der Waals surface area contributed by atoms with Gasteiger partial charge in [-0.05, 0) is 183 Å². The highest BCUT2D eigenvalue weighted by Crippen LogP contribution is 2.47. The highest BCUT2D eigenvalue weighted by molar-refractivity contribution is 6.19. The van der Waals surface area contributed by atoms with Crippen LogP contribution < -0.4 is 0 Å². The van der Waals surface area contributed by atoms with Gasteiger partial charge in [0.05, 0.1) is 44.8 Å². The molecule has 4 heterocycles. The molecule has 0 aliphatic heterocycles. The first-order valence-corrected chi connectivity index (χ1v) is 40.2. The number of para-hydroxylation sites is 1. The molecule has 0 aliphatic carbocycles. The standard InChI is InChI=1S/C60H39N3.C52H33N3/c1-4-18-43(19-5-1)57-59(44-20-6-2-7-21-44)63(60(62-57)45-22-8-3-9-23-45)50-34-32-42(33-35-50)53-38-55-54(48-30-28-40-16-10-12-24-46(40)36-48)39-56(61-58(55)52-27-15-14-26-51(52)53)49-31-29-41-17-11-13-25-47(41)37-49;1-3-15-36(16-4-1)52-54-49-31-40(27-28-50(49)55(52)42-19-5-2-6-20-42)45-32-47-46(39-25-23-34-13-7-9-17-37(34)29-39)33-48(53-51(47)44-22-12-11-21-43(44)45)41-26-24-35-14-8-10-18-38(35)30-41/h1-39H;1-33H. The normalized spacial score (nSPS) is 11.6. The van der Waals surface area contributed by atoms with E-state index in [2.05, 4.69) is 440 Å². The fraction of sp³-hybridized carbons (Fsp3) is 0. The van der Waals surface area contributed by atoms with Crippen LogP contribution in [-0.2, 0) is 0 Å². The average Bonchev–Trinajstić information content (AvgIpc) is 1.01. The summed E-state index contributed by atoms with van der Waals surface area (Å²) >= 11 is 0. The summed E-state index contributed by atoms with van der Waals surface area (Å²) in [5.41, 5.74) is 25.8. The van der Waals surface area contributed by atoms with Crippen molar-refractivity contribution in [2.24, 2.45) is 0 Å². The Kier molecular flexibility index (Phi) is 17.1. The second-order valence-corrected chi connectivity index (χ2v) is 30.4. The van der Waals surface area contributed by atoms with Gasteiger partial charge in [-0.2, -0.15) is 0 Å². The third-order valence-corrected chi connectivity index (χ3v) is 23.3. The van der Waals surface area contributed by atoms with Gasteiger partial charge in [-0.15, -0.1) is 0 Å². The predicted octanol–water partition coefficient (Wildman–Crippen LogP) is 29.6. The van der Waals surface area contributed by atoms with Crippen molar-refractivity contribution in [3.63, 3.8) is 0 Å². The van der Waals surface area contributed by atoms with E-state index in [4.69, 9.17) is 19.9 Å². The van der Waals surface area contributed by atoms with Gasteiger partial charge in [-0.3, -0.25) is 9.13 Å². The van der Waals surface area contributed by atoms with E-state index in [0.717, 1.165) is 173 Å². The zero-order valence-corrected chi connectivity index (χ0v) is 64.3. The Morgan fingerprint density at radius 1 is 0.178 bits per heavy atom. The smallest absolute Gasteiger partial charge is 0.145 e.